The van der Waals surface area contributed by atoms with Gasteiger partial charge < -0.3 is 5.32 Å². The minimum absolute atomic E-state index is 0.208. The minimum atomic E-state index is -3.22. The van der Waals surface area contributed by atoms with E-state index in [0.29, 0.717) is 25.0 Å². The van der Waals surface area contributed by atoms with E-state index in [2.05, 4.69) is 10.0 Å². The van der Waals surface area contributed by atoms with Crippen molar-refractivity contribution in [2.75, 3.05) is 19.6 Å². The van der Waals surface area contributed by atoms with Gasteiger partial charge in [0.1, 0.15) is 0 Å². The molecule has 1 unspecified atom stereocenters. The standard InChI is InChI=1S/C12H23N3O2S/c16-18(17,14-12-5-6-12)15-7-1-2-10(9-15)8-13-11-3-4-11/h10-14H,1-9H2. The molecule has 3 aliphatic rings. The maximum Gasteiger partial charge on any atom is 0.279 e. The van der Waals surface area contributed by atoms with Crippen LogP contribution < -0.4 is 10.0 Å². The van der Waals surface area contributed by atoms with E-state index >= 15 is 0 Å². The zero-order chi connectivity index (χ0) is 12.6. The van der Waals surface area contributed by atoms with Gasteiger partial charge in [0.25, 0.3) is 10.2 Å². The van der Waals surface area contributed by atoms with Crippen LogP contribution in [0.15, 0.2) is 0 Å². The average molecular weight is 273 g/mol. The number of piperidine rings is 1. The molecule has 0 radical (unpaired) electrons. The van der Waals surface area contributed by atoms with Crippen LogP contribution in [-0.2, 0) is 10.2 Å². The molecule has 1 aliphatic heterocycles. The zero-order valence-corrected chi connectivity index (χ0v) is 11.6. The molecule has 104 valence electrons. The third-order valence-electron chi connectivity index (χ3n) is 3.99. The van der Waals surface area contributed by atoms with Crippen molar-refractivity contribution in [2.45, 2.75) is 50.6 Å². The lowest BCUT2D eigenvalue weighted by Gasteiger charge is -2.32. The normalized spacial score (nSPS) is 30.6. The smallest absolute Gasteiger partial charge is 0.279 e. The lowest BCUT2D eigenvalue weighted by atomic mass is 10.00. The van der Waals surface area contributed by atoms with E-state index < -0.39 is 10.2 Å². The molecular formula is C12H23N3O2S. The van der Waals surface area contributed by atoms with Crippen LogP contribution >= 0.6 is 0 Å². The number of rotatable bonds is 6. The highest BCUT2D eigenvalue weighted by atomic mass is 32.2. The highest BCUT2D eigenvalue weighted by Crippen LogP contribution is 2.24. The lowest BCUT2D eigenvalue weighted by molar-refractivity contribution is 0.257. The van der Waals surface area contributed by atoms with Crippen molar-refractivity contribution in [3.63, 3.8) is 0 Å². The largest absolute Gasteiger partial charge is 0.314 e. The molecule has 2 aliphatic carbocycles. The molecule has 1 atom stereocenters. The van der Waals surface area contributed by atoms with Crippen molar-refractivity contribution < 1.29 is 8.42 Å². The lowest BCUT2D eigenvalue weighted by Crippen LogP contribution is -2.48. The van der Waals surface area contributed by atoms with Gasteiger partial charge in [-0.2, -0.15) is 17.4 Å². The van der Waals surface area contributed by atoms with Crippen molar-refractivity contribution in [1.82, 2.24) is 14.3 Å². The number of hydrogen-bond acceptors (Lipinski definition) is 3. The zero-order valence-electron chi connectivity index (χ0n) is 10.8. The molecule has 3 rings (SSSR count). The summed E-state index contributed by atoms with van der Waals surface area (Å²) in [5.41, 5.74) is 0. The Balaban J connectivity index is 1.51. The molecule has 2 saturated carbocycles. The van der Waals surface area contributed by atoms with Gasteiger partial charge in [-0.1, -0.05) is 0 Å². The van der Waals surface area contributed by atoms with Gasteiger partial charge in [-0.3, -0.25) is 0 Å². The van der Waals surface area contributed by atoms with Gasteiger partial charge in [0.2, 0.25) is 0 Å². The molecule has 0 aromatic carbocycles. The molecule has 0 bridgehead atoms. The monoisotopic (exact) mass is 273 g/mol. The van der Waals surface area contributed by atoms with Gasteiger partial charge >= 0.3 is 0 Å². The summed E-state index contributed by atoms with van der Waals surface area (Å²) in [6.45, 7) is 2.34. The van der Waals surface area contributed by atoms with E-state index in [4.69, 9.17) is 0 Å². The summed E-state index contributed by atoms with van der Waals surface area (Å²) in [5, 5.41) is 3.51. The van der Waals surface area contributed by atoms with Crippen molar-refractivity contribution in [3.8, 4) is 0 Å². The summed E-state index contributed by atoms with van der Waals surface area (Å²) in [4.78, 5) is 0. The Morgan fingerprint density at radius 2 is 1.78 bits per heavy atom. The molecule has 3 fully saturated rings. The maximum absolute atomic E-state index is 12.1. The van der Waals surface area contributed by atoms with E-state index in [9.17, 15) is 8.42 Å². The number of nitrogens with one attached hydrogen (secondary N) is 2. The Hall–Kier alpha value is -0.170. The molecule has 6 heteroatoms. The summed E-state index contributed by atoms with van der Waals surface area (Å²) in [6.07, 6.45) is 6.72. The molecule has 0 aromatic rings. The first-order chi connectivity index (χ1) is 8.63. The molecule has 1 heterocycles. The molecule has 1 saturated heterocycles. The maximum atomic E-state index is 12.1. The fourth-order valence-corrected chi connectivity index (χ4v) is 4.10. The Morgan fingerprint density at radius 1 is 1.06 bits per heavy atom. The molecule has 5 nitrogen and oxygen atoms in total. The third-order valence-corrected chi connectivity index (χ3v) is 5.63. The Bertz CT molecular complexity index is 390. The van der Waals surface area contributed by atoms with Crippen molar-refractivity contribution in [3.05, 3.63) is 0 Å². The van der Waals surface area contributed by atoms with Crippen LogP contribution in [0.25, 0.3) is 0 Å². The molecule has 0 spiro atoms. The van der Waals surface area contributed by atoms with Gasteiger partial charge in [-0.25, -0.2) is 0 Å². The van der Waals surface area contributed by atoms with Crippen LogP contribution in [0.3, 0.4) is 0 Å². The predicted molar refractivity (Wildman–Crippen MR) is 70.4 cm³/mol. The Morgan fingerprint density at radius 3 is 2.44 bits per heavy atom. The summed E-state index contributed by atoms with van der Waals surface area (Å²) in [6, 6.07) is 0.918. The van der Waals surface area contributed by atoms with Crippen molar-refractivity contribution in [1.29, 1.82) is 0 Å². The summed E-state index contributed by atoms with van der Waals surface area (Å²) >= 11 is 0. The van der Waals surface area contributed by atoms with E-state index in [1.807, 2.05) is 0 Å². The fourth-order valence-electron chi connectivity index (χ4n) is 2.52. The van der Waals surface area contributed by atoms with Crippen LogP contribution in [0, 0.1) is 5.92 Å². The summed E-state index contributed by atoms with van der Waals surface area (Å²) < 4.78 is 28.7. The van der Waals surface area contributed by atoms with Gasteiger partial charge in [-0.15, -0.1) is 0 Å². The van der Waals surface area contributed by atoms with Crippen LogP contribution in [0.5, 0.6) is 0 Å². The second kappa shape index (κ2) is 5.07. The minimum Gasteiger partial charge on any atom is -0.314 e. The quantitative estimate of drug-likeness (QED) is 0.738. The van der Waals surface area contributed by atoms with Gasteiger partial charge in [-0.05, 0) is 51.0 Å². The van der Waals surface area contributed by atoms with Crippen LogP contribution in [0.2, 0.25) is 0 Å². The first-order valence-electron chi connectivity index (χ1n) is 7.14. The summed E-state index contributed by atoms with van der Waals surface area (Å²) in [7, 11) is -3.22. The van der Waals surface area contributed by atoms with Crippen molar-refractivity contribution >= 4 is 10.2 Å². The Kier molecular flexibility index (Phi) is 3.62. The first-order valence-corrected chi connectivity index (χ1v) is 8.58. The van der Waals surface area contributed by atoms with E-state index in [1.165, 1.54) is 12.8 Å². The van der Waals surface area contributed by atoms with E-state index in [1.54, 1.807) is 4.31 Å². The molecule has 0 aromatic heterocycles. The van der Waals surface area contributed by atoms with E-state index in [0.717, 1.165) is 32.2 Å². The first kappa shape index (κ1) is 12.8. The van der Waals surface area contributed by atoms with Gasteiger partial charge in [0.05, 0.1) is 0 Å². The molecule has 18 heavy (non-hydrogen) atoms. The van der Waals surface area contributed by atoms with Crippen LogP contribution in [-0.4, -0.2) is 44.4 Å². The molecule has 2 N–H and O–H groups in total. The third kappa shape index (κ3) is 3.44. The number of hydrogen-bond donors (Lipinski definition) is 2. The predicted octanol–water partition coefficient (Wildman–Crippen LogP) is 0.447. The molecular weight excluding hydrogens is 250 g/mol. The SMILES string of the molecule is O=S(=O)(NC1CC1)N1CCCC(CNC2CC2)C1. The topological polar surface area (TPSA) is 61.4 Å². The fraction of sp³-hybridized carbons (Fsp3) is 1.00. The second-order valence-electron chi connectivity index (χ2n) is 5.95. The summed E-state index contributed by atoms with van der Waals surface area (Å²) in [5.74, 6) is 0.482. The van der Waals surface area contributed by atoms with Crippen LogP contribution in [0.1, 0.15) is 38.5 Å². The van der Waals surface area contributed by atoms with E-state index in [-0.39, 0.29) is 6.04 Å². The number of nitrogens with zero attached hydrogens (tertiary/aromatic N) is 1. The Labute approximate surface area is 109 Å². The second-order valence-corrected chi connectivity index (χ2v) is 7.65. The van der Waals surface area contributed by atoms with Crippen molar-refractivity contribution in [2.24, 2.45) is 5.92 Å². The van der Waals surface area contributed by atoms with Gasteiger partial charge in [0.15, 0.2) is 0 Å². The van der Waals surface area contributed by atoms with Crippen LogP contribution in [0.4, 0.5) is 0 Å². The highest BCUT2D eigenvalue weighted by molar-refractivity contribution is 7.87. The van der Waals surface area contributed by atoms with Gasteiger partial charge in [0, 0.05) is 25.2 Å². The average Bonchev–Trinajstić information content (AvgIpc) is 3.21. The molecule has 0 amide bonds. The highest BCUT2D eigenvalue weighted by Gasteiger charge is 2.34.